The molecule has 1 fully saturated rings. The first-order valence-corrected chi connectivity index (χ1v) is 12.1. The van der Waals surface area contributed by atoms with Crippen molar-refractivity contribution in [3.05, 3.63) is 89.9 Å². The van der Waals surface area contributed by atoms with Crippen molar-refractivity contribution in [2.75, 3.05) is 19.6 Å². The number of nitrogens with zero attached hydrogens (tertiary/aromatic N) is 1. The fraction of sp³-hybridized carbons (Fsp3) is 0.292. The Labute approximate surface area is 182 Å². The number of furan rings is 1. The largest absolute Gasteiger partial charge is 0.455 e. The standard InChI is InChI=1S/C24H26N2O4S/c27-24(25-17-22(26-15-7-8-16-26)19-9-3-1-4-10-19)23-14-13-20(30-23)18-31(28,29)21-11-5-2-6-12-21/h1-6,9-14,22H,7-8,15-18H2,(H,25,27). The molecule has 1 aliphatic heterocycles. The van der Waals surface area contributed by atoms with Crippen LogP contribution in [0.3, 0.4) is 0 Å². The van der Waals surface area contributed by atoms with Gasteiger partial charge in [0.1, 0.15) is 11.5 Å². The molecule has 6 nitrogen and oxygen atoms in total. The van der Waals surface area contributed by atoms with E-state index in [1.807, 2.05) is 18.2 Å². The van der Waals surface area contributed by atoms with Crippen molar-refractivity contribution in [1.82, 2.24) is 10.2 Å². The van der Waals surface area contributed by atoms with E-state index < -0.39 is 9.84 Å². The number of nitrogens with one attached hydrogen (secondary N) is 1. The summed E-state index contributed by atoms with van der Waals surface area (Å²) in [5, 5.41) is 2.96. The summed E-state index contributed by atoms with van der Waals surface area (Å²) in [5.41, 5.74) is 1.17. The average Bonchev–Trinajstić information content (AvgIpc) is 3.48. The summed E-state index contributed by atoms with van der Waals surface area (Å²) in [6.07, 6.45) is 2.32. The highest BCUT2D eigenvalue weighted by atomic mass is 32.2. The third kappa shape index (κ3) is 5.24. The Morgan fingerprint density at radius 3 is 2.26 bits per heavy atom. The SMILES string of the molecule is O=C(NCC(c1ccccc1)N1CCCC1)c1ccc(CS(=O)(=O)c2ccccc2)o1. The number of hydrogen-bond acceptors (Lipinski definition) is 5. The number of amides is 1. The molecule has 1 amide bonds. The fourth-order valence-corrected chi connectivity index (χ4v) is 5.21. The Bertz CT molecular complexity index is 1100. The minimum atomic E-state index is -3.53. The summed E-state index contributed by atoms with van der Waals surface area (Å²) in [6.45, 7) is 2.48. The second-order valence-electron chi connectivity index (χ2n) is 7.72. The lowest BCUT2D eigenvalue weighted by atomic mass is 10.1. The molecule has 1 saturated heterocycles. The predicted molar refractivity (Wildman–Crippen MR) is 118 cm³/mol. The van der Waals surface area contributed by atoms with Gasteiger partial charge in [0.2, 0.25) is 0 Å². The molecule has 162 valence electrons. The molecule has 0 saturated carbocycles. The lowest BCUT2D eigenvalue weighted by Gasteiger charge is -2.28. The maximum atomic E-state index is 12.7. The van der Waals surface area contributed by atoms with E-state index in [0.717, 1.165) is 25.9 Å². The molecule has 1 aliphatic rings. The van der Waals surface area contributed by atoms with Gasteiger partial charge in [-0.3, -0.25) is 9.69 Å². The van der Waals surface area contributed by atoms with Gasteiger partial charge in [0.25, 0.3) is 5.91 Å². The summed E-state index contributed by atoms with van der Waals surface area (Å²) < 4.78 is 30.6. The van der Waals surface area contributed by atoms with Crippen LogP contribution < -0.4 is 5.32 Å². The molecular weight excluding hydrogens is 412 g/mol. The van der Waals surface area contributed by atoms with Gasteiger partial charge in [-0.1, -0.05) is 48.5 Å². The van der Waals surface area contributed by atoms with E-state index in [4.69, 9.17) is 4.42 Å². The molecule has 3 aromatic rings. The van der Waals surface area contributed by atoms with E-state index in [1.165, 1.54) is 11.6 Å². The molecule has 0 aliphatic carbocycles. The molecule has 1 unspecified atom stereocenters. The van der Waals surface area contributed by atoms with Gasteiger partial charge in [0, 0.05) is 6.54 Å². The highest BCUT2D eigenvalue weighted by Gasteiger charge is 2.25. The van der Waals surface area contributed by atoms with Gasteiger partial charge in [-0.2, -0.15) is 0 Å². The van der Waals surface area contributed by atoms with Gasteiger partial charge < -0.3 is 9.73 Å². The normalized spacial score (nSPS) is 15.6. The smallest absolute Gasteiger partial charge is 0.287 e. The Balaban J connectivity index is 1.41. The summed E-state index contributed by atoms with van der Waals surface area (Å²) >= 11 is 0. The zero-order valence-electron chi connectivity index (χ0n) is 17.2. The number of sulfone groups is 1. The highest BCUT2D eigenvalue weighted by molar-refractivity contribution is 7.90. The molecule has 0 radical (unpaired) electrons. The van der Waals surface area contributed by atoms with E-state index in [-0.39, 0.29) is 34.1 Å². The molecule has 2 aromatic carbocycles. The summed E-state index contributed by atoms with van der Waals surface area (Å²) in [6, 6.07) is 21.5. The molecule has 1 N–H and O–H groups in total. The van der Waals surface area contributed by atoms with Crippen LogP contribution in [-0.4, -0.2) is 38.9 Å². The van der Waals surface area contributed by atoms with Gasteiger partial charge >= 0.3 is 0 Å². The average molecular weight is 439 g/mol. The van der Waals surface area contributed by atoms with E-state index in [0.29, 0.717) is 6.54 Å². The Kier molecular flexibility index (Phi) is 6.53. The lowest BCUT2D eigenvalue weighted by molar-refractivity contribution is 0.0908. The number of carbonyl (C=O) groups excluding carboxylic acids is 1. The van der Waals surface area contributed by atoms with Gasteiger partial charge in [-0.25, -0.2) is 8.42 Å². The Morgan fingerprint density at radius 1 is 0.935 bits per heavy atom. The monoisotopic (exact) mass is 438 g/mol. The van der Waals surface area contributed by atoms with Crippen LogP contribution in [-0.2, 0) is 15.6 Å². The number of rotatable bonds is 8. The molecule has 0 bridgehead atoms. The van der Waals surface area contributed by atoms with Crippen molar-refractivity contribution in [3.63, 3.8) is 0 Å². The second-order valence-corrected chi connectivity index (χ2v) is 9.71. The van der Waals surface area contributed by atoms with Gasteiger partial charge in [0.05, 0.1) is 10.9 Å². The van der Waals surface area contributed by atoms with E-state index in [2.05, 4.69) is 22.3 Å². The topological polar surface area (TPSA) is 79.6 Å². The molecule has 0 spiro atoms. The summed E-state index contributed by atoms with van der Waals surface area (Å²) in [5.74, 6) is -0.270. The van der Waals surface area contributed by atoms with Gasteiger partial charge in [0.15, 0.2) is 15.6 Å². The highest BCUT2D eigenvalue weighted by Crippen LogP contribution is 2.25. The molecule has 7 heteroatoms. The van der Waals surface area contributed by atoms with Crippen LogP contribution >= 0.6 is 0 Å². The van der Waals surface area contributed by atoms with Crippen molar-refractivity contribution in [1.29, 1.82) is 0 Å². The zero-order chi connectivity index (χ0) is 21.7. The van der Waals surface area contributed by atoms with Crippen LogP contribution in [0.15, 0.2) is 82.1 Å². The molecule has 2 heterocycles. The minimum absolute atomic E-state index is 0.0977. The van der Waals surface area contributed by atoms with Crippen LogP contribution in [0.25, 0.3) is 0 Å². The molecule has 4 rings (SSSR count). The zero-order valence-corrected chi connectivity index (χ0v) is 18.1. The third-order valence-corrected chi connectivity index (χ3v) is 7.20. The predicted octanol–water partition coefficient (Wildman–Crippen LogP) is 3.82. The van der Waals surface area contributed by atoms with E-state index >= 15 is 0 Å². The molecule has 31 heavy (non-hydrogen) atoms. The van der Waals surface area contributed by atoms with Crippen LogP contribution in [0, 0.1) is 0 Å². The van der Waals surface area contributed by atoms with Crippen LogP contribution in [0.5, 0.6) is 0 Å². The molecule has 1 atom stereocenters. The van der Waals surface area contributed by atoms with E-state index in [9.17, 15) is 13.2 Å². The maximum Gasteiger partial charge on any atom is 0.287 e. The van der Waals surface area contributed by atoms with Crippen LogP contribution in [0.1, 0.15) is 40.8 Å². The van der Waals surface area contributed by atoms with Crippen molar-refractivity contribution in [3.8, 4) is 0 Å². The maximum absolute atomic E-state index is 12.7. The quantitative estimate of drug-likeness (QED) is 0.578. The Morgan fingerprint density at radius 2 is 1.58 bits per heavy atom. The van der Waals surface area contributed by atoms with Crippen LogP contribution in [0.2, 0.25) is 0 Å². The second kappa shape index (κ2) is 9.49. The van der Waals surface area contributed by atoms with Crippen molar-refractivity contribution in [2.24, 2.45) is 0 Å². The number of likely N-dealkylation sites (tertiary alicyclic amines) is 1. The van der Waals surface area contributed by atoms with Gasteiger partial charge in [-0.05, 0) is 55.8 Å². The van der Waals surface area contributed by atoms with E-state index in [1.54, 1.807) is 36.4 Å². The first-order chi connectivity index (χ1) is 15.0. The van der Waals surface area contributed by atoms with Gasteiger partial charge in [-0.15, -0.1) is 0 Å². The molecule has 1 aromatic heterocycles. The van der Waals surface area contributed by atoms with Crippen LogP contribution in [0.4, 0.5) is 0 Å². The third-order valence-electron chi connectivity index (χ3n) is 5.54. The number of carbonyl (C=O) groups is 1. The van der Waals surface area contributed by atoms with Crippen molar-refractivity contribution < 1.29 is 17.6 Å². The van der Waals surface area contributed by atoms with Crippen molar-refractivity contribution >= 4 is 15.7 Å². The first kappa shape index (κ1) is 21.3. The minimum Gasteiger partial charge on any atom is -0.455 e. The fourth-order valence-electron chi connectivity index (χ4n) is 3.94. The summed E-state index contributed by atoms with van der Waals surface area (Å²) in [7, 11) is -3.53. The first-order valence-electron chi connectivity index (χ1n) is 10.5. The molecular formula is C24H26N2O4S. The number of hydrogen-bond donors (Lipinski definition) is 1. The summed E-state index contributed by atoms with van der Waals surface area (Å²) in [4.78, 5) is 15.3. The lowest BCUT2D eigenvalue weighted by Crippen LogP contribution is -2.36. The van der Waals surface area contributed by atoms with Crippen molar-refractivity contribution in [2.45, 2.75) is 29.5 Å². The Hall–Kier alpha value is -2.90. The number of benzene rings is 2.